The van der Waals surface area contributed by atoms with Crippen molar-refractivity contribution in [2.75, 3.05) is 19.7 Å². The predicted octanol–water partition coefficient (Wildman–Crippen LogP) is 8.72. The van der Waals surface area contributed by atoms with Gasteiger partial charge in [0.1, 0.15) is 12.2 Å². The minimum absolute atomic E-state index is 0.127. The topological polar surface area (TPSA) is 40.2 Å². The molecule has 260 valence electrons. The standard InChI is InChI=1S/C42H49F2NO4/c43-42(44)37-23-21-32(22-24-37)25-45-26-39(47-28-34-15-7-2-8-16-34)41(49-30-36-19-11-4-12-20-36)40(48-29-35-17-9-3-10-18-35)38(45)31-46-27-33-13-5-1-6-14-33/h1-20,32,37-42H,21-31H2. The van der Waals surface area contributed by atoms with E-state index in [9.17, 15) is 8.78 Å². The molecule has 2 aliphatic rings. The Morgan fingerprint density at radius 1 is 0.551 bits per heavy atom. The van der Waals surface area contributed by atoms with Crippen LogP contribution in [0.25, 0.3) is 0 Å². The molecule has 0 amide bonds. The van der Waals surface area contributed by atoms with Gasteiger partial charge < -0.3 is 18.9 Å². The van der Waals surface area contributed by atoms with E-state index in [4.69, 9.17) is 18.9 Å². The van der Waals surface area contributed by atoms with Gasteiger partial charge in [0.05, 0.1) is 45.2 Å². The first-order chi connectivity index (χ1) is 24.1. The van der Waals surface area contributed by atoms with Crippen LogP contribution in [0.4, 0.5) is 8.78 Å². The van der Waals surface area contributed by atoms with Crippen LogP contribution in [-0.4, -0.2) is 55.4 Å². The van der Waals surface area contributed by atoms with Crippen molar-refractivity contribution in [2.45, 2.75) is 82.9 Å². The minimum Gasteiger partial charge on any atom is -0.375 e. The molecule has 1 aliphatic carbocycles. The maximum absolute atomic E-state index is 13.6. The van der Waals surface area contributed by atoms with E-state index >= 15 is 0 Å². The van der Waals surface area contributed by atoms with Crippen LogP contribution in [0.2, 0.25) is 0 Å². The van der Waals surface area contributed by atoms with Gasteiger partial charge in [-0.15, -0.1) is 0 Å². The second kappa shape index (κ2) is 18.5. The minimum atomic E-state index is -2.25. The highest BCUT2D eigenvalue weighted by molar-refractivity contribution is 5.16. The van der Waals surface area contributed by atoms with E-state index in [2.05, 4.69) is 53.4 Å². The first-order valence-corrected chi connectivity index (χ1v) is 17.7. The number of benzene rings is 4. The summed E-state index contributed by atoms with van der Waals surface area (Å²) < 4.78 is 54.1. The number of alkyl halides is 2. The number of piperidine rings is 1. The van der Waals surface area contributed by atoms with Crippen LogP contribution in [0, 0.1) is 11.8 Å². The van der Waals surface area contributed by atoms with Gasteiger partial charge in [-0.2, -0.15) is 0 Å². The third-order valence-corrected chi connectivity index (χ3v) is 9.97. The molecule has 2 fully saturated rings. The largest absolute Gasteiger partial charge is 0.375 e. The van der Waals surface area contributed by atoms with E-state index in [1.165, 1.54) is 0 Å². The van der Waals surface area contributed by atoms with E-state index < -0.39 is 12.3 Å². The van der Waals surface area contributed by atoms with Gasteiger partial charge in [0.15, 0.2) is 0 Å². The molecule has 5 nitrogen and oxygen atoms in total. The molecule has 6 rings (SSSR count). The summed E-state index contributed by atoms with van der Waals surface area (Å²) in [7, 11) is 0. The first kappa shape index (κ1) is 35.4. The smallest absolute Gasteiger partial charge is 0.241 e. The van der Waals surface area contributed by atoms with Gasteiger partial charge in [-0.1, -0.05) is 121 Å². The van der Waals surface area contributed by atoms with Gasteiger partial charge in [0, 0.05) is 19.0 Å². The average molecular weight is 670 g/mol. The molecule has 0 spiro atoms. The second-order valence-electron chi connectivity index (χ2n) is 13.5. The van der Waals surface area contributed by atoms with Gasteiger partial charge in [-0.25, -0.2) is 8.78 Å². The molecule has 1 saturated heterocycles. The second-order valence-corrected chi connectivity index (χ2v) is 13.5. The van der Waals surface area contributed by atoms with Crippen molar-refractivity contribution >= 4 is 0 Å². The third-order valence-electron chi connectivity index (χ3n) is 9.97. The Hall–Kier alpha value is -3.46. The lowest BCUT2D eigenvalue weighted by atomic mass is 9.81. The fraction of sp³-hybridized carbons (Fsp3) is 0.429. The van der Waals surface area contributed by atoms with Gasteiger partial charge in [0.2, 0.25) is 6.43 Å². The lowest BCUT2D eigenvalue weighted by Crippen LogP contribution is -2.65. The lowest BCUT2D eigenvalue weighted by Gasteiger charge is -2.49. The molecule has 0 aromatic heterocycles. The lowest BCUT2D eigenvalue weighted by molar-refractivity contribution is -0.212. The summed E-state index contributed by atoms with van der Waals surface area (Å²) in [5, 5.41) is 0. The van der Waals surface area contributed by atoms with Crippen molar-refractivity contribution in [2.24, 2.45) is 11.8 Å². The van der Waals surface area contributed by atoms with Crippen LogP contribution in [0.1, 0.15) is 47.9 Å². The average Bonchev–Trinajstić information content (AvgIpc) is 3.15. The van der Waals surface area contributed by atoms with Crippen molar-refractivity contribution in [1.82, 2.24) is 4.90 Å². The Balaban J connectivity index is 1.28. The zero-order valence-corrected chi connectivity index (χ0v) is 28.2. The summed E-state index contributed by atoms with van der Waals surface area (Å²) in [6, 6.07) is 40.7. The normalized spacial score (nSPS) is 24.6. The van der Waals surface area contributed by atoms with Gasteiger partial charge in [-0.3, -0.25) is 4.90 Å². The van der Waals surface area contributed by atoms with E-state index in [1.54, 1.807) is 0 Å². The summed E-state index contributed by atoms with van der Waals surface area (Å²) in [6.45, 7) is 3.63. The summed E-state index contributed by atoms with van der Waals surface area (Å²) in [6.07, 6.45) is -0.553. The maximum Gasteiger partial charge on any atom is 0.241 e. The summed E-state index contributed by atoms with van der Waals surface area (Å²) in [5.41, 5.74) is 4.37. The fourth-order valence-electron chi connectivity index (χ4n) is 7.21. The fourth-order valence-corrected chi connectivity index (χ4v) is 7.21. The molecule has 4 aromatic rings. The summed E-state index contributed by atoms with van der Waals surface area (Å²) in [4.78, 5) is 2.45. The molecular formula is C42H49F2NO4. The van der Waals surface area contributed by atoms with E-state index in [0.29, 0.717) is 58.3 Å². The molecule has 1 aliphatic heterocycles. The van der Waals surface area contributed by atoms with Crippen molar-refractivity contribution in [3.63, 3.8) is 0 Å². The van der Waals surface area contributed by atoms with E-state index in [0.717, 1.165) is 41.6 Å². The Kier molecular flexibility index (Phi) is 13.4. The molecule has 0 N–H and O–H groups in total. The number of nitrogens with zero attached hydrogens (tertiary/aromatic N) is 1. The first-order valence-electron chi connectivity index (χ1n) is 17.7. The number of hydrogen-bond acceptors (Lipinski definition) is 5. The number of ether oxygens (including phenoxy) is 4. The molecule has 4 aromatic carbocycles. The highest BCUT2D eigenvalue weighted by Crippen LogP contribution is 2.36. The van der Waals surface area contributed by atoms with Crippen molar-refractivity contribution in [3.8, 4) is 0 Å². The zero-order valence-electron chi connectivity index (χ0n) is 28.2. The monoisotopic (exact) mass is 669 g/mol. The van der Waals surface area contributed by atoms with Crippen LogP contribution in [0.15, 0.2) is 121 Å². The van der Waals surface area contributed by atoms with Crippen molar-refractivity contribution in [1.29, 1.82) is 0 Å². The Bertz CT molecular complexity index is 1470. The van der Waals surface area contributed by atoms with Crippen LogP contribution in [-0.2, 0) is 45.4 Å². The molecular weight excluding hydrogens is 620 g/mol. The number of hydrogen-bond donors (Lipinski definition) is 0. The van der Waals surface area contributed by atoms with Gasteiger partial charge >= 0.3 is 0 Å². The Labute approximate surface area is 290 Å². The van der Waals surface area contributed by atoms with Crippen molar-refractivity contribution < 1.29 is 27.7 Å². The highest BCUT2D eigenvalue weighted by atomic mass is 19.3. The van der Waals surface area contributed by atoms with Crippen LogP contribution in [0.5, 0.6) is 0 Å². The van der Waals surface area contributed by atoms with E-state index in [1.807, 2.05) is 72.8 Å². The van der Waals surface area contributed by atoms with Crippen molar-refractivity contribution in [3.05, 3.63) is 144 Å². The molecule has 0 radical (unpaired) electrons. The number of rotatable bonds is 16. The van der Waals surface area contributed by atoms with Gasteiger partial charge in [0.25, 0.3) is 0 Å². The Morgan fingerprint density at radius 2 is 1.00 bits per heavy atom. The van der Waals surface area contributed by atoms with Crippen LogP contribution >= 0.6 is 0 Å². The van der Waals surface area contributed by atoms with E-state index in [-0.39, 0.29) is 24.4 Å². The highest BCUT2D eigenvalue weighted by Gasteiger charge is 2.47. The summed E-state index contributed by atoms with van der Waals surface area (Å²) in [5.74, 6) is -0.180. The molecule has 1 saturated carbocycles. The maximum atomic E-state index is 13.6. The summed E-state index contributed by atoms with van der Waals surface area (Å²) >= 11 is 0. The third kappa shape index (κ3) is 10.5. The molecule has 49 heavy (non-hydrogen) atoms. The van der Waals surface area contributed by atoms with Crippen LogP contribution < -0.4 is 0 Å². The molecule has 0 bridgehead atoms. The molecule has 1 heterocycles. The quantitative estimate of drug-likeness (QED) is 0.119. The number of halogens is 2. The molecule has 7 heteroatoms. The Morgan fingerprint density at radius 3 is 1.49 bits per heavy atom. The predicted molar refractivity (Wildman–Crippen MR) is 188 cm³/mol. The number of likely N-dealkylation sites (tertiary alicyclic amines) is 1. The van der Waals surface area contributed by atoms with Gasteiger partial charge in [-0.05, 0) is 53.9 Å². The van der Waals surface area contributed by atoms with Crippen LogP contribution in [0.3, 0.4) is 0 Å². The molecule has 4 unspecified atom stereocenters. The SMILES string of the molecule is FC(F)C1CCC(CN2CC(OCc3ccccc3)C(OCc3ccccc3)C(OCc3ccccc3)C2COCc2ccccc2)CC1. The zero-order chi connectivity index (χ0) is 33.7. The molecule has 4 atom stereocenters.